The number of aromatic nitrogens is 1. The van der Waals surface area contributed by atoms with Gasteiger partial charge in [-0.05, 0) is 36.8 Å². The molecule has 0 fully saturated rings. The fourth-order valence-electron chi connectivity index (χ4n) is 1.77. The molecule has 2 rings (SSSR count). The van der Waals surface area contributed by atoms with E-state index >= 15 is 0 Å². The number of rotatable bonds is 2. The predicted octanol–water partition coefficient (Wildman–Crippen LogP) is 4.42. The third kappa shape index (κ3) is 3.81. The number of aryl methyl sites for hydroxylation is 1. The highest BCUT2D eigenvalue weighted by atomic mass is 79.9. The maximum absolute atomic E-state index is 13.0. The molecule has 1 aromatic heterocycles. The first-order chi connectivity index (χ1) is 9.77. The Morgan fingerprint density at radius 3 is 2.57 bits per heavy atom. The molecule has 21 heavy (non-hydrogen) atoms. The molecule has 0 radical (unpaired) electrons. The van der Waals surface area contributed by atoms with E-state index in [-0.39, 0.29) is 4.47 Å². The molecule has 2 aromatic rings. The molecule has 0 atom stereocenters. The van der Waals surface area contributed by atoms with Crippen molar-refractivity contribution in [2.24, 2.45) is 0 Å². The molecule has 0 aliphatic carbocycles. The lowest BCUT2D eigenvalue weighted by atomic mass is 10.1. The van der Waals surface area contributed by atoms with Crippen molar-refractivity contribution in [3.8, 4) is 0 Å². The third-order valence-electron chi connectivity index (χ3n) is 2.66. The topological polar surface area (TPSA) is 42.0 Å². The number of nitrogens with zero attached hydrogens (tertiary/aromatic N) is 1. The third-order valence-corrected chi connectivity index (χ3v) is 3.16. The zero-order chi connectivity index (χ0) is 15.6. The van der Waals surface area contributed by atoms with Gasteiger partial charge in [0.15, 0.2) is 0 Å². The van der Waals surface area contributed by atoms with Gasteiger partial charge in [-0.3, -0.25) is 9.78 Å². The van der Waals surface area contributed by atoms with Gasteiger partial charge in [-0.15, -0.1) is 0 Å². The number of halogens is 4. The summed E-state index contributed by atoms with van der Waals surface area (Å²) in [6, 6.07) is 5.02. The van der Waals surface area contributed by atoms with Crippen molar-refractivity contribution in [1.82, 2.24) is 4.98 Å². The van der Waals surface area contributed by atoms with Gasteiger partial charge in [-0.1, -0.05) is 15.9 Å². The van der Waals surface area contributed by atoms with Gasteiger partial charge in [-0.2, -0.15) is 13.2 Å². The van der Waals surface area contributed by atoms with Crippen molar-refractivity contribution in [1.29, 1.82) is 0 Å². The van der Waals surface area contributed by atoms with Crippen molar-refractivity contribution in [2.75, 3.05) is 5.32 Å². The molecule has 1 aromatic carbocycles. The van der Waals surface area contributed by atoms with Crippen LogP contribution in [0.15, 0.2) is 41.1 Å². The number of nitrogens with one attached hydrogen (secondary N) is 1. The highest BCUT2D eigenvalue weighted by Crippen LogP contribution is 2.34. The van der Waals surface area contributed by atoms with Crippen LogP contribution in [0, 0.1) is 6.92 Å². The lowest BCUT2D eigenvalue weighted by Crippen LogP contribution is -2.18. The second-order valence-corrected chi connectivity index (χ2v) is 5.31. The summed E-state index contributed by atoms with van der Waals surface area (Å²) in [4.78, 5) is 15.9. The monoisotopic (exact) mass is 358 g/mol. The molecule has 0 unspecified atom stereocenters. The van der Waals surface area contributed by atoms with Gasteiger partial charge in [0.25, 0.3) is 5.91 Å². The summed E-state index contributed by atoms with van der Waals surface area (Å²) in [5.41, 5.74) is -0.294. The average Bonchev–Trinajstić information content (AvgIpc) is 2.37. The molecule has 3 nitrogen and oxygen atoms in total. The maximum Gasteiger partial charge on any atom is 0.417 e. The first-order valence-corrected chi connectivity index (χ1v) is 6.66. The lowest BCUT2D eigenvalue weighted by Gasteiger charge is -2.13. The summed E-state index contributed by atoms with van der Waals surface area (Å²) in [7, 11) is 0. The summed E-state index contributed by atoms with van der Waals surface area (Å²) in [6.45, 7) is 1.77. The Morgan fingerprint density at radius 1 is 1.24 bits per heavy atom. The zero-order valence-corrected chi connectivity index (χ0v) is 12.4. The summed E-state index contributed by atoms with van der Waals surface area (Å²) < 4.78 is 39.2. The van der Waals surface area contributed by atoms with Crippen LogP contribution >= 0.6 is 15.9 Å². The predicted molar refractivity (Wildman–Crippen MR) is 76.1 cm³/mol. The molecule has 0 saturated carbocycles. The first kappa shape index (κ1) is 15.5. The average molecular weight is 359 g/mol. The van der Waals surface area contributed by atoms with Gasteiger partial charge < -0.3 is 5.32 Å². The Kier molecular flexibility index (Phi) is 4.32. The molecular weight excluding hydrogens is 349 g/mol. The van der Waals surface area contributed by atoms with Gasteiger partial charge in [0, 0.05) is 10.7 Å². The normalized spacial score (nSPS) is 11.3. The number of carbonyl (C=O) groups excluding carboxylic acids is 1. The molecule has 0 bridgehead atoms. The van der Waals surface area contributed by atoms with Crippen molar-refractivity contribution in [2.45, 2.75) is 13.1 Å². The molecule has 110 valence electrons. The molecule has 1 heterocycles. The minimum absolute atomic E-state index is 0.253. The number of anilines is 1. The van der Waals surface area contributed by atoms with E-state index in [1.54, 1.807) is 19.2 Å². The number of alkyl halides is 3. The fraction of sp³-hybridized carbons (Fsp3) is 0.143. The van der Waals surface area contributed by atoms with E-state index in [1.807, 2.05) is 0 Å². The van der Waals surface area contributed by atoms with Crippen LogP contribution in [-0.4, -0.2) is 10.9 Å². The molecule has 7 heteroatoms. The van der Waals surface area contributed by atoms with Crippen molar-refractivity contribution in [3.63, 3.8) is 0 Å². The van der Waals surface area contributed by atoms with Crippen LogP contribution < -0.4 is 5.32 Å². The van der Waals surface area contributed by atoms with Crippen LogP contribution in [-0.2, 0) is 6.18 Å². The van der Waals surface area contributed by atoms with Crippen LogP contribution in [0.1, 0.15) is 21.5 Å². The number of hydrogen-bond donors (Lipinski definition) is 1. The maximum atomic E-state index is 13.0. The summed E-state index contributed by atoms with van der Waals surface area (Å²) in [6.07, 6.45) is -1.66. The van der Waals surface area contributed by atoms with Gasteiger partial charge in [0.1, 0.15) is 0 Å². The number of carbonyl (C=O) groups is 1. The van der Waals surface area contributed by atoms with E-state index in [9.17, 15) is 18.0 Å². The smallest absolute Gasteiger partial charge is 0.321 e. The van der Waals surface area contributed by atoms with Gasteiger partial charge in [-0.25, -0.2) is 0 Å². The second-order valence-electron chi connectivity index (χ2n) is 4.39. The highest BCUT2D eigenvalue weighted by molar-refractivity contribution is 9.10. The first-order valence-electron chi connectivity index (χ1n) is 5.87. The van der Waals surface area contributed by atoms with Crippen molar-refractivity contribution in [3.05, 3.63) is 57.8 Å². The Morgan fingerprint density at radius 2 is 1.95 bits per heavy atom. The van der Waals surface area contributed by atoms with Crippen LogP contribution in [0.5, 0.6) is 0 Å². The Labute approximate surface area is 127 Å². The standard InChI is InChI=1S/C14H10BrF3N2O/c1-8-4-10(7-19-6-8)20-13(21)11-3-2-9(15)5-12(11)14(16,17)18/h2-7H,1H3,(H,20,21). The minimum atomic E-state index is -4.61. The zero-order valence-electron chi connectivity index (χ0n) is 10.8. The van der Waals surface area contributed by atoms with Crippen molar-refractivity contribution >= 4 is 27.5 Å². The molecule has 0 spiro atoms. The van der Waals surface area contributed by atoms with E-state index in [1.165, 1.54) is 12.3 Å². The molecule has 1 amide bonds. The molecule has 0 aliphatic rings. The molecule has 1 N–H and O–H groups in total. The van der Waals surface area contributed by atoms with Crippen LogP contribution in [0.2, 0.25) is 0 Å². The second kappa shape index (κ2) is 5.85. The number of amides is 1. The van der Waals surface area contributed by atoms with Crippen LogP contribution in [0.25, 0.3) is 0 Å². The number of hydrogen-bond acceptors (Lipinski definition) is 2. The van der Waals surface area contributed by atoms with E-state index in [2.05, 4.69) is 26.2 Å². The lowest BCUT2D eigenvalue weighted by molar-refractivity contribution is -0.137. The molecule has 0 saturated heterocycles. The SMILES string of the molecule is Cc1cncc(NC(=O)c2ccc(Br)cc2C(F)(F)F)c1. The largest absolute Gasteiger partial charge is 0.417 e. The Hall–Kier alpha value is -1.89. The molecule has 0 aliphatic heterocycles. The number of pyridine rings is 1. The quantitative estimate of drug-likeness (QED) is 0.862. The minimum Gasteiger partial charge on any atom is -0.321 e. The highest BCUT2D eigenvalue weighted by Gasteiger charge is 2.35. The Balaban J connectivity index is 2.35. The Bertz CT molecular complexity index is 686. The fourth-order valence-corrected chi connectivity index (χ4v) is 2.13. The van der Waals surface area contributed by atoms with Crippen LogP contribution in [0.3, 0.4) is 0 Å². The van der Waals surface area contributed by atoms with E-state index in [4.69, 9.17) is 0 Å². The summed E-state index contributed by atoms with van der Waals surface area (Å²) in [5, 5.41) is 2.41. The van der Waals surface area contributed by atoms with Gasteiger partial charge in [0.05, 0.1) is 23.0 Å². The van der Waals surface area contributed by atoms with Gasteiger partial charge >= 0.3 is 6.18 Å². The number of benzene rings is 1. The van der Waals surface area contributed by atoms with E-state index in [0.717, 1.165) is 17.7 Å². The summed E-state index contributed by atoms with van der Waals surface area (Å²) in [5.74, 6) is -0.831. The van der Waals surface area contributed by atoms with Crippen LogP contribution in [0.4, 0.5) is 18.9 Å². The van der Waals surface area contributed by atoms with Crippen molar-refractivity contribution < 1.29 is 18.0 Å². The van der Waals surface area contributed by atoms with E-state index in [0.29, 0.717) is 5.69 Å². The summed E-state index contributed by atoms with van der Waals surface area (Å²) >= 11 is 2.97. The van der Waals surface area contributed by atoms with E-state index < -0.39 is 23.2 Å². The molecular formula is C14H10BrF3N2O. The van der Waals surface area contributed by atoms with Gasteiger partial charge in [0.2, 0.25) is 0 Å².